The van der Waals surface area contributed by atoms with Crippen LogP contribution in [0.15, 0.2) is 53.4 Å². The monoisotopic (exact) mass is 489 g/mol. The van der Waals surface area contributed by atoms with Gasteiger partial charge in [-0.1, -0.05) is 56.2 Å². The molecule has 0 aliphatic carbocycles. The number of carbonyl (C=O) groups is 1. The van der Waals surface area contributed by atoms with Crippen LogP contribution in [0.3, 0.4) is 0 Å². The van der Waals surface area contributed by atoms with Crippen LogP contribution in [-0.2, 0) is 14.8 Å². The number of amides is 1. The fraction of sp³-hybridized carbons (Fsp3) is 0.417. The molecule has 0 aliphatic rings. The Morgan fingerprint density at radius 1 is 1.09 bits per heavy atom. The lowest BCUT2D eigenvalue weighted by Crippen LogP contribution is -2.33. The van der Waals surface area contributed by atoms with Crippen LogP contribution in [0.5, 0.6) is 5.75 Å². The van der Waals surface area contributed by atoms with Crippen molar-refractivity contribution in [1.29, 1.82) is 0 Å². The number of sulfonamides is 1. The summed E-state index contributed by atoms with van der Waals surface area (Å²) in [5.74, 6) is 0.283. The Morgan fingerprint density at radius 3 is 2.39 bits per heavy atom. The lowest BCUT2D eigenvalue weighted by atomic mass is 10.3. The van der Waals surface area contributed by atoms with E-state index < -0.39 is 16.1 Å². The Kier molecular flexibility index (Phi) is 8.82. The lowest BCUT2D eigenvalue weighted by Gasteiger charge is -2.21. The normalized spacial score (nSPS) is 12.7. The smallest absolute Gasteiger partial charge is 0.266 e. The molecule has 3 rings (SSSR count). The van der Waals surface area contributed by atoms with E-state index in [2.05, 4.69) is 24.1 Å². The second-order valence-corrected chi connectivity index (χ2v) is 10.8. The highest BCUT2D eigenvalue weighted by Gasteiger charge is 2.24. The third-order valence-corrected chi connectivity index (χ3v) is 8.00. The second-order valence-electron chi connectivity index (χ2n) is 7.82. The number of benzene rings is 2. The molecule has 0 bridgehead atoms. The van der Waals surface area contributed by atoms with Crippen LogP contribution < -0.4 is 10.1 Å². The van der Waals surface area contributed by atoms with E-state index in [1.165, 1.54) is 11.3 Å². The van der Waals surface area contributed by atoms with Gasteiger partial charge in [0, 0.05) is 13.1 Å². The van der Waals surface area contributed by atoms with Crippen LogP contribution in [0.25, 0.3) is 10.2 Å². The van der Waals surface area contributed by atoms with E-state index in [-0.39, 0.29) is 10.8 Å². The Labute approximate surface area is 199 Å². The van der Waals surface area contributed by atoms with Crippen LogP contribution in [0.4, 0.5) is 5.13 Å². The van der Waals surface area contributed by atoms with Crippen molar-refractivity contribution >= 4 is 42.6 Å². The molecule has 0 fully saturated rings. The summed E-state index contributed by atoms with van der Waals surface area (Å²) in [4.78, 5) is 17.2. The molecule has 0 spiro atoms. The summed E-state index contributed by atoms with van der Waals surface area (Å²) in [5.41, 5.74) is 0.638. The zero-order valence-electron chi connectivity index (χ0n) is 19.3. The Hall–Kier alpha value is -2.49. The molecule has 1 amide bonds. The van der Waals surface area contributed by atoms with Crippen LogP contribution in [0.1, 0.15) is 46.5 Å². The molecule has 0 saturated carbocycles. The number of fused-ring (bicyclic) bond motifs is 1. The fourth-order valence-corrected chi connectivity index (χ4v) is 5.78. The van der Waals surface area contributed by atoms with Gasteiger partial charge >= 0.3 is 0 Å². The third-order valence-electron chi connectivity index (χ3n) is 5.18. The molecule has 178 valence electrons. The van der Waals surface area contributed by atoms with Gasteiger partial charge in [0.1, 0.15) is 5.75 Å². The van der Waals surface area contributed by atoms with E-state index in [1.54, 1.807) is 41.6 Å². The fourth-order valence-electron chi connectivity index (χ4n) is 3.25. The van der Waals surface area contributed by atoms with Gasteiger partial charge < -0.3 is 4.74 Å². The van der Waals surface area contributed by atoms with E-state index in [9.17, 15) is 13.2 Å². The van der Waals surface area contributed by atoms with Gasteiger partial charge in [-0.05, 0) is 50.1 Å². The molecule has 0 radical (unpaired) electrons. The summed E-state index contributed by atoms with van der Waals surface area (Å²) >= 11 is 1.25. The van der Waals surface area contributed by atoms with Crippen molar-refractivity contribution in [3.05, 3.63) is 48.5 Å². The summed E-state index contributed by atoms with van der Waals surface area (Å²) in [5, 5.41) is 3.18. The Morgan fingerprint density at radius 2 is 1.76 bits per heavy atom. The average molecular weight is 490 g/mol. The molecule has 1 heterocycles. The van der Waals surface area contributed by atoms with Crippen molar-refractivity contribution in [1.82, 2.24) is 9.29 Å². The molecule has 1 atom stereocenters. The minimum absolute atomic E-state index is 0.254. The summed E-state index contributed by atoms with van der Waals surface area (Å²) in [6.07, 6.45) is 2.81. The van der Waals surface area contributed by atoms with Gasteiger partial charge in [-0.3, -0.25) is 10.1 Å². The standard InChI is InChI=1S/C24H31N3O4S2/c1-4-6-15-27(16-7-5-2)33(29,30)20-13-14-21-22(17-20)32-24(25-21)26-23(28)18(3)31-19-11-9-8-10-12-19/h8-14,17-18H,4-7,15-16H2,1-3H3,(H,25,26,28). The van der Waals surface area contributed by atoms with Crippen molar-refractivity contribution in [2.75, 3.05) is 18.4 Å². The molecule has 0 saturated heterocycles. The number of hydrogen-bond donors (Lipinski definition) is 1. The maximum atomic E-state index is 13.3. The van der Waals surface area contributed by atoms with Crippen LogP contribution >= 0.6 is 11.3 Å². The molecular weight excluding hydrogens is 458 g/mol. The first-order chi connectivity index (χ1) is 15.8. The Bertz CT molecular complexity index is 1150. The molecule has 9 heteroatoms. The average Bonchev–Trinajstić information content (AvgIpc) is 3.21. The zero-order chi connectivity index (χ0) is 23.8. The number of carbonyl (C=O) groups excluding carboxylic acids is 1. The van der Waals surface area contributed by atoms with E-state index in [4.69, 9.17) is 4.74 Å². The number of ether oxygens (including phenoxy) is 1. The van der Waals surface area contributed by atoms with Crippen molar-refractivity contribution in [3.63, 3.8) is 0 Å². The predicted molar refractivity (Wildman–Crippen MR) is 133 cm³/mol. The molecule has 1 aromatic heterocycles. The van der Waals surface area contributed by atoms with Crippen LogP contribution in [0, 0.1) is 0 Å². The first-order valence-corrected chi connectivity index (χ1v) is 13.5. The SMILES string of the molecule is CCCCN(CCCC)S(=O)(=O)c1ccc2nc(NC(=O)C(C)Oc3ccccc3)sc2c1. The summed E-state index contributed by atoms with van der Waals surface area (Å²) in [6.45, 7) is 6.80. The summed E-state index contributed by atoms with van der Waals surface area (Å²) in [6, 6.07) is 14.1. The molecule has 3 aromatic rings. The zero-order valence-corrected chi connectivity index (χ0v) is 20.9. The van der Waals surface area contributed by atoms with Crippen LogP contribution in [-0.4, -0.2) is 42.8 Å². The van der Waals surface area contributed by atoms with Crippen molar-refractivity contribution in [2.24, 2.45) is 0 Å². The highest BCUT2D eigenvalue weighted by Crippen LogP contribution is 2.29. The largest absolute Gasteiger partial charge is 0.481 e. The number of anilines is 1. The number of nitrogens with one attached hydrogen (secondary N) is 1. The van der Waals surface area contributed by atoms with E-state index in [0.717, 1.165) is 25.7 Å². The number of para-hydroxylation sites is 1. The maximum Gasteiger partial charge on any atom is 0.266 e. The van der Waals surface area contributed by atoms with Gasteiger partial charge in [0.25, 0.3) is 5.91 Å². The summed E-state index contributed by atoms with van der Waals surface area (Å²) < 4.78 is 34.5. The first-order valence-electron chi connectivity index (χ1n) is 11.3. The number of nitrogens with zero attached hydrogens (tertiary/aromatic N) is 2. The number of thiazole rings is 1. The van der Waals surface area contributed by atoms with Gasteiger partial charge in [-0.25, -0.2) is 13.4 Å². The maximum absolute atomic E-state index is 13.3. The molecule has 33 heavy (non-hydrogen) atoms. The van der Waals surface area contributed by atoms with Crippen molar-refractivity contribution in [3.8, 4) is 5.75 Å². The quantitative estimate of drug-likeness (QED) is 0.373. The van der Waals surface area contributed by atoms with Gasteiger partial charge in [-0.15, -0.1) is 0 Å². The summed E-state index contributed by atoms with van der Waals surface area (Å²) in [7, 11) is -3.59. The molecule has 1 unspecified atom stereocenters. The van der Waals surface area contributed by atoms with Gasteiger partial charge in [-0.2, -0.15) is 4.31 Å². The minimum atomic E-state index is -3.59. The van der Waals surface area contributed by atoms with Crippen molar-refractivity contribution in [2.45, 2.75) is 57.5 Å². The molecule has 0 aliphatic heterocycles. The topological polar surface area (TPSA) is 88.6 Å². The van der Waals surface area contributed by atoms with Crippen molar-refractivity contribution < 1.29 is 17.9 Å². The molecule has 7 nitrogen and oxygen atoms in total. The highest BCUT2D eigenvalue weighted by atomic mass is 32.2. The number of aromatic nitrogens is 1. The van der Waals surface area contributed by atoms with Gasteiger partial charge in [0.15, 0.2) is 11.2 Å². The first kappa shape index (κ1) is 25.1. The predicted octanol–water partition coefficient (Wildman–Crippen LogP) is 5.29. The van der Waals surface area contributed by atoms with E-state index in [0.29, 0.717) is 34.2 Å². The molecular formula is C24H31N3O4S2. The second kappa shape index (κ2) is 11.6. The lowest BCUT2D eigenvalue weighted by molar-refractivity contribution is -0.122. The van der Waals surface area contributed by atoms with Crippen LogP contribution in [0.2, 0.25) is 0 Å². The van der Waals surface area contributed by atoms with E-state index >= 15 is 0 Å². The van der Waals surface area contributed by atoms with Gasteiger partial charge in [0.05, 0.1) is 15.1 Å². The minimum Gasteiger partial charge on any atom is -0.481 e. The van der Waals surface area contributed by atoms with E-state index in [1.807, 2.05) is 18.2 Å². The van der Waals surface area contributed by atoms with Gasteiger partial charge in [0.2, 0.25) is 10.0 Å². The molecule has 1 N–H and O–H groups in total. The Balaban J connectivity index is 1.75. The number of rotatable bonds is 12. The number of unbranched alkanes of at least 4 members (excludes halogenated alkanes) is 2. The number of hydrogen-bond acceptors (Lipinski definition) is 6. The molecule has 2 aromatic carbocycles. The third kappa shape index (κ3) is 6.52. The highest BCUT2D eigenvalue weighted by molar-refractivity contribution is 7.89.